The van der Waals surface area contributed by atoms with E-state index in [1.165, 1.54) is 12.1 Å². The average Bonchev–Trinajstić information content (AvgIpc) is 1.15. The lowest BCUT2D eigenvalue weighted by atomic mass is 9.64. The summed E-state index contributed by atoms with van der Waals surface area (Å²) >= 11 is 0. The maximum absolute atomic E-state index is 10.7. The predicted molar refractivity (Wildman–Crippen MR) is 521 cm³/mol. The van der Waals surface area contributed by atoms with Gasteiger partial charge in [-0.15, -0.1) is 0 Å². The Bertz CT molecular complexity index is 9170. The highest BCUT2D eigenvalue weighted by atomic mass is 28.3. The van der Waals surface area contributed by atoms with Crippen molar-refractivity contribution in [2.45, 2.75) is 5.41 Å². The van der Waals surface area contributed by atoms with Crippen LogP contribution in [0.1, 0.15) is 53.8 Å². The van der Waals surface area contributed by atoms with Gasteiger partial charge in [0.25, 0.3) is 0 Å². The molecule has 6 aromatic heterocycles. The Morgan fingerprint density at radius 1 is 0.198 bits per heavy atom. The summed E-state index contributed by atoms with van der Waals surface area (Å²) in [6, 6.07) is 90.4. The zero-order valence-corrected chi connectivity index (χ0v) is 67.7. The Balaban J connectivity index is 0.000000164. The summed E-state index contributed by atoms with van der Waals surface area (Å²) in [4.78, 5) is 31.1. The average molecular weight is 1650 g/mol. The first-order valence-electron chi connectivity index (χ1n) is 52.4. The molecule has 0 saturated carbocycles. The highest BCUT2D eigenvalue weighted by molar-refractivity contribution is 7.20. The van der Waals surface area contributed by atoms with E-state index in [2.05, 4.69) is 0 Å². The molecule has 0 saturated heterocycles. The van der Waals surface area contributed by atoms with Crippen LogP contribution in [0.5, 0.6) is 0 Å². The second-order valence-corrected chi connectivity index (χ2v) is 33.9. The van der Waals surface area contributed by atoms with Gasteiger partial charge in [-0.3, -0.25) is 18.3 Å². The van der Waals surface area contributed by atoms with Gasteiger partial charge in [0.05, 0.1) is 81.1 Å². The molecule has 0 aliphatic heterocycles. The molecule has 0 radical (unpaired) electrons. The summed E-state index contributed by atoms with van der Waals surface area (Å²) < 4.78 is 221. The van der Waals surface area contributed by atoms with Gasteiger partial charge in [0.1, 0.15) is 0 Å². The second kappa shape index (κ2) is 31.4. The van der Waals surface area contributed by atoms with E-state index in [-0.39, 0.29) is 109 Å². The van der Waals surface area contributed by atoms with E-state index in [1.54, 1.807) is 60.7 Å². The zero-order valence-electron chi connectivity index (χ0n) is 89.7. The van der Waals surface area contributed by atoms with Crippen molar-refractivity contribution in [2.75, 3.05) is 0 Å². The topological polar surface area (TPSA) is 97.1 Å². The normalized spacial score (nSPS) is 14.7. The molecule has 24 aromatic rings. The van der Waals surface area contributed by atoms with Gasteiger partial charge >= 0.3 is 0 Å². The fourth-order valence-electron chi connectivity index (χ4n) is 18.1. The molecule has 0 amide bonds. The molecule has 592 valence electrons. The van der Waals surface area contributed by atoms with Crippen LogP contribution in [0.2, 0.25) is 0 Å². The minimum absolute atomic E-state index is 0.0150. The van der Waals surface area contributed by atoms with Gasteiger partial charge < -0.3 is 0 Å². The Hall–Kier alpha value is -16.6. The number of fused-ring (bicyclic) bond motifs is 12. The van der Waals surface area contributed by atoms with Gasteiger partial charge in [0, 0.05) is 54.2 Å². The van der Waals surface area contributed by atoms with Crippen molar-refractivity contribution < 1.29 is 31.5 Å². The smallest absolute Gasteiger partial charge is 0.240 e. The minimum Gasteiger partial charge on any atom is -0.278 e. The molecule has 0 aliphatic rings. The van der Waals surface area contributed by atoms with Crippen molar-refractivity contribution in [3.05, 3.63) is 495 Å². The third-order valence-corrected chi connectivity index (χ3v) is 27.8. The summed E-state index contributed by atoms with van der Waals surface area (Å²) in [7, 11) is -4.91. The predicted octanol–water partition coefficient (Wildman–Crippen LogP) is 24.6. The van der Waals surface area contributed by atoms with E-state index in [0.717, 1.165) is 87.2 Å². The van der Waals surface area contributed by atoms with E-state index in [1.807, 2.05) is 279 Å². The second-order valence-electron chi connectivity index (χ2n) is 30.3. The van der Waals surface area contributed by atoms with Crippen molar-refractivity contribution >= 4 is 116 Å². The summed E-state index contributed by atoms with van der Waals surface area (Å²) in [5, 5.41) is 7.35. The van der Waals surface area contributed by atoms with Crippen molar-refractivity contribution in [1.82, 2.24) is 48.2 Å². The third kappa shape index (κ3) is 12.5. The maximum atomic E-state index is 10.7. The number of hydrogen-bond donors (Lipinski definition) is 0. The van der Waals surface area contributed by atoms with E-state index in [9.17, 15) is 13.7 Å². The molecule has 0 bridgehead atoms. The number of aromatic nitrogens is 10. The summed E-state index contributed by atoms with van der Waals surface area (Å²) in [5.41, 5.74) is 6.12. The van der Waals surface area contributed by atoms with Gasteiger partial charge in [-0.1, -0.05) is 412 Å². The van der Waals surface area contributed by atoms with Crippen LogP contribution in [0.15, 0.2) is 473 Å². The van der Waals surface area contributed by atoms with E-state index < -0.39 is 128 Å². The maximum Gasteiger partial charge on any atom is 0.240 e. The van der Waals surface area contributed by atoms with Crippen LogP contribution in [0, 0.1) is 0 Å². The van der Waals surface area contributed by atoms with Crippen LogP contribution < -0.4 is 20.7 Å². The Labute approximate surface area is 761 Å². The molecule has 11 heteroatoms. The van der Waals surface area contributed by atoms with Gasteiger partial charge in [-0.25, -0.2) is 0 Å². The highest BCUT2D eigenvalue weighted by Gasteiger charge is 2.43. The number of nitrogens with zero attached hydrogens (tertiary/aromatic N) is 10. The Kier molecular flexibility index (Phi) is 13.5. The first kappa shape index (κ1) is 53.9. The van der Waals surface area contributed by atoms with Gasteiger partial charge in [-0.05, 0) is 126 Å². The van der Waals surface area contributed by atoms with Crippen LogP contribution in [-0.4, -0.2) is 56.2 Å². The summed E-state index contributed by atoms with van der Waals surface area (Å²) in [5.74, 6) is 0.304. The van der Waals surface area contributed by atoms with Gasteiger partial charge in [0.15, 0.2) is 19.7 Å². The lowest BCUT2D eigenvalue weighted by Gasteiger charge is -2.37. The molecular weight excluding hydrogens is 1550 g/mol. The number of benzene rings is 18. The molecule has 126 heavy (non-hydrogen) atoms. The fourth-order valence-corrected chi connectivity index (χ4v) is 22.3. The standard InChI is InChI=1S/C58H39N5.C57H39N5Si/c1-4-20-40(21-5-1)41-22-18-28-45(38-41)58(43-24-6-2-7-25-43,44-26-8-3-9-27-44)46-29-19-23-42(39-46)55-59-56(62-51-34-14-10-30-47(51)48-31-11-15-35-52(48)62)61-57(60-55)63-53-36-16-12-32-49(53)50-33-13-17-37-54(50)63;1-4-20-40(21-5-1)41-22-18-28-45(38-41)63(43-24-6-2-7-25-43,44-26-8-3-9-27-44)46-29-19-23-42(39-46)55-58-56(61-51-34-14-10-30-47(51)48-31-11-15-35-52(48)61)60-57(59-55)62-53-36-16-12-32-49(53)50-33-13-17-37-54(50)62/h2*1-39H/i1D,4D,5D,19D,20D,21D,23D,29D,39D;1D,2D,4D,5D,6D,7D,19D,20D,21D,23D,24D,25D,29D,39D. The van der Waals surface area contributed by atoms with Crippen molar-refractivity contribution in [3.63, 3.8) is 0 Å². The Morgan fingerprint density at radius 2 is 0.492 bits per heavy atom. The van der Waals surface area contributed by atoms with Crippen LogP contribution in [0.4, 0.5) is 0 Å². The van der Waals surface area contributed by atoms with Crippen LogP contribution >= 0.6 is 0 Å². The summed E-state index contributed by atoms with van der Waals surface area (Å²) in [6.07, 6.45) is 0. The number of para-hydroxylation sites is 8. The highest BCUT2D eigenvalue weighted by Crippen LogP contribution is 2.48. The molecule has 24 rings (SSSR count). The van der Waals surface area contributed by atoms with E-state index >= 15 is 0 Å². The van der Waals surface area contributed by atoms with Crippen LogP contribution in [0.3, 0.4) is 0 Å². The van der Waals surface area contributed by atoms with Crippen LogP contribution in [-0.2, 0) is 5.41 Å². The zero-order chi connectivity index (χ0) is 104. The molecule has 0 spiro atoms. The van der Waals surface area contributed by atoms with Crippen molar-refractivity contribution in [1.29, 1.82) is 0 Å². The molecule has 10 nitrogen and oxygen atoms in total. The molecule has 6 heterocycles. The third-order valence-electron chi connectivity index (χ3n) is 23.5. The van der Waals surface area contributed by atoms with E-state index in [4.69, 9.17) is 47.7 Å². The molecule has 18 aromatic carbocycles. The first-order chi connectivity index (χ1) is 72.1. The van der Waals surface area contributed by atoms with Gasteiger partial charge in [0.2, 0.25) is 23.8 Å². The molecule has 0 N–H and O–H groups in total. The van der Waals surface area contributed by atoms with Crippen LogP contribution in [0.25, 0.3) is 156 Å². The summed E-state index contributed by atoms with van der Waals surface area (Å²) in [6.45, 7) is 0. The number of hydrogen-bond acceptors (Lipinski definition) is 6. The van der Waals surface area contributed by atoms with Crippen molar-refractivity contribution in [3.8, 4) is 68.8 Å². The molecule has 0 fully saturated rings. The molecule has 1 unspecified atom stereocenters. The lowest BCUT2D eigenvalue weighted by Crippen LogP contribution is -2.74. The lowest BCUT2D eigenvalue weighted by molar-refractivity contribution is 0.745. The first-order valence-corrected chi connectivity index (χ1v) is 42.9. The van der Waals surface area contributed by atoms with E-state index in [0.29, 0.717) is 27.4 Å². The van der Waals surface area contributed by atoms with Crippen molar-refractivity contribution in [2.24, 2.45) is 0 Å². The number of rotatable bonds is 16. The molecular formula is C115H78N10Si. The largest absolute Gasteiger partial charge is 0.278 e. The quantitative estimate of drug-likeness (QED) is 0.0706. The molecule has 0 aliphatic carbocycles. The monoisotopic (exact) mass is 1650 g/mol. The minimum atomic E-state index is -4.91. The molecule has 1 atom stereocenters. The fraction of sp³-hybridized carbons (Fsp3) is 0.00870. The Morgan fingerprint density at radius 3 is 0.881 bits per heavy atom. The van der Waals surface area contributed by atoms with Gasteiger partial charge in [-0.2, -0.15) is 29.9 Å². The SMILES string of the molecule is [2H]c1c([2H])c([2H])c(-c2cccc(C(c3ccccc3)(c3ccccc3)c3c([2H])c([2H])c([2H])c(-c4nc(-n5c6ccccc6c6ccccc65)nc(-n5c6ccccc6c6ccccc65)n4)c3[2H])c2)c([2H])c1[2H].[2H]c1c([2H])c([2H])c(-c2cccc([Si](c3ccccc3)(c3c([2H])c([2H])c([2H])c([2H])c3[2H])c3c([2H])c([2H])c([2H])c(-c4nc(-n5c6ccccc6c6ccccc65)nc(-n5c6ccccc6c6ccccc65)n4)c3[2H])c2)c([2H])c1[2H].